The normalized spacial score (nSPS) is 12.2. The lowest BCUT2D eigenvalue weighted by molar-refractivity contribution is -0.127. The Balaban J connectivity index is 2.16. The highest BCUT2D eigenvalue weighted by Gasteiger charge is 2.17. The number of thioether (sulfide) groups is 1. The highest BCUT2D eigenvalue weighted by Crippen LogP contribution is 2.18. The Labute approximate surface area is 175 Å². The van der Waals surface area contributed by atoms with Gasteiger partial charge in [0, 0.05) is 13.1 Å². The van der Waals surface area contributed by atoms with Crippen molar-refractivity contribution in [1.82, 2.24) is 25.1 Å². The Kier molecular flexibility index (Phi) is 8.66. The molecule has 0 saturated carbocycles. The number of hydrogen-bond acceptors (Lipinski definition) is 6. The Bertz CT molecular complexity index is 913. The minimum Gasteiger partial charge on any atom is -0.355 e. The van der Waals surface area contributed by atoms with Crippen molar-refractivity contribution in [1.29, 1.82) is 0 Å². The number of aromatic nitrogens is 2. The third-order valence-corrected chi connectivity index (χ3v) is 5.24. The summed E-state index contributed by atoms with van der Waals surface area (Å²) in [5.41, 5.74) is 0.507. The van der Waals surface area contributed by atoms with Gasteiger partial charge < -0.3 is 15.5 Å². The first-order valence-electron chi connectivity index (χ1n) is 9.67. The van der Waals surface area contributed by atoms with Crippen LogP contribution in [-0.2, 0) is 16.1 Å². The van der Waals surface area contributed by atoms with E-state index in [2.05, 4.69) is 20.5 Å². The van der Waals surface area contributed by atoms with Gasteiger partial charge in [0.15, 0.2) is 5.16 Å². The largest absolute Gasteiger partial charge is 0.355 e. The summed E-state index contributed by atoms with van der Waals surface area (Å²) in [5, 5.41) is 6.42. The molecule has 0 bridgehead atoms. The molecule has 0 aliphatic heterocycles. The number of nitrogens with one attached hydrogen (secondary N) is 2. The van der Waals surface area contributed by atoms with E-state index in [1.807, 2.05) is 33.2 Å². The van der Waals surface area contributed by atoms with Crippen LogP contribution in [0.25, 0.3) is 10.9 Å². The van der Waals surface area contributed by atoms with E-state index in [1.165, 1.54) is 11.8 Å². The quantitative estimate of drug-likeness (QED) is 0.442. The molecule has 158 valence electrons. The van der Waals surface area contributed by atoms with Gasteiger partial charge in [0.25, 0.3) is 5.56 Å². The number of rotatable bonds is 10. The molecule has 2 N–H and O–H groups in total. The second-order valence-corrected chi connectivity index (χ2v) is 7.94. The van der Waals surface area contributed by atoms with Crippen LogP contribution in [-0.4, -0.2) is 65.2 Å². The number of para-hydroxylation sites is 1. The Morgan fingerprint density at radius 3 is 2.69 bits per heavy atom. The summed E-state index contributed by atoms with van der Waals surface area (Å²) in [6, 6.07) is 6.60. The van der Waals surface area contributed by atoms with Crippen LogP contribution in [0, 0.1) is 0 Å². The first-order chi connectivity index (χ1) is 13.8. The van der Waals surface area contributed by atoms with E-state index in [-0.39, 0.29) is 23.1 Å². The van der Waals surface area contributed by atoms with Crippen molar-refractivity contribution in [2.75, 3.05) is 32.9 Å². The molecule has 1 heterocycles. The highest BCUT2D eigenvalue weighted by atomic mass is 32.2. The van der Waals surface area contributed by atoms with Crippen LogP contribution in [0.15, 0.2) is 34.2 Å². The molecule has 0 fully saturated rings. The van der Waals surface area contributed by atoms with Crippen LogP contribution in [0.4, 0.5) is 0 Å². The molecule has 2 amide bonds. The molecule has 0 spiro atoms. The van der Waals surface area contributed by atoms with E-state index in [9.17, 15) is 14.4 Å². The molecular formula is C20H29N5O3S. The second kappa shape index (κ2) is 11.0. The fourth-order valence-electron chi connectivity index (χ4n) is 2.81. The summed E-state index contributed by atoms with van der Waals surface area (Å²) >= 11 is 1.20. The average molecular weight is 420 g/mol. The minimum absolute atomic E-state index is 0.0716. The Morgan fingerprint density at radius 1 is 1.28 bits per heavy atom. The van der Waals surface area contributed by atoms with Gasteiger partial charge in [-0.2, -0.15) is 0 Å². The number of carbonyl (C=O) groups excluding carboxylic acids is 2. The monoisotopic (exact) mass is 419 g/mol. The van der Waals surface area contributed by atoms with Crippen molar-refractivity contribution >= 4 is 34.5 Å². The van der Waals surface area contributed by atoms with E-state index in [4.69, 9.17) is 0 Å². The topological polar surface area (TPSA) is 96.3 Å². The summed E-state index contributed by atoms with van der Waals surface area (Å²) < 4.78 is 1.64. The maximum Gasteiger partial charge on any atom is 0.262 e. The number of amides is 2. The van der Waals surface area contributed by atoms with E-state index in [1.54, 1.807) is 23.6 Å². The summed E-state index contributed by atoms with van der Waals surface area (Å²) in [7, 11) is 3.97. The van der Waals surface area contributed by atoms with Crippen molar-refractivity contribution in [3.05, 3.63) is 34.6 Å². The molecule has 8 nitrogen and oxygen atoms in total. The van der Waals surface area contributed by atoms with Crippen molar-refractivity contribution in [3.8, 4) is 0 Å². The van der Waals surface area contributed by atoms with Crippen molar-refractivity contribution < 1.29 is 9.59 Å². The zero-order valence-electron chi connectivity index (χ0n) is 17.4. The van der Waals surface area contributed by atoms with Gasteiger partial charge in [-0.15, -0.1) is 0 Å². The fourth-order valence-corrected chi connectivity index (χ4v) is 3.64. The Hall–Kier alpha value is -2.39. The minimum atomic E-state index is -0.616. The van der Waals surface area contributed by atoms with Crippen molar-refractivity contribution in [3.63, 3.8) is 0 Å². The van der Waals surface area contributed by atoms with Gasteiger partial charge in [-0.3, -0.25) is 19.0 Å². The van der Waals surface area contributed by atoms with Gasteiger partial charge in [0.2, 0.25) is 11.8 Å². The lowest BCUT2D eigenvalue weighted by Crippen LogP contribution is -2.45. The van der Waals surface area contributed by atoms with Crippen LogP contribution >= 0.6 is 11.8 Å². The average Bonchev–Trinajstić information content (AvgIpc) is 2.68. The van der Waals surface area contributed by atoms with Gasteiger partial charge in [-0.25, -0.2) is 4.98 Å². The molecule has 1 atom stereocenters. The van der Waals surface area contributed by atoms with Gasteiger partial charge in [0.05, 0.1) is 16.7 Å². The number of hydrogen-bond donors (Lipinski definition) is 2. The van der Waals surface area contributed by atoms with Gasteiger partial charge in [-0.05, 0) is 53.0 Å². The SMILES string of the molecule is CCNC(=O)[C@@H](C)NC(=O)CSc1nc2ccccc2c(=O)n1CCCN(C)C. The third kappa shape index (κ3) is 6.57. The molecule has 29 heavy (non-hydrogen) atoms. The fraction of sp³-hybridized carbons (Fsp3) is 0.500. The van der Waals surface area contributed by atoms with Gasteiger partial charge >= 0.3 is 0 Å². The van der Waals surface area contributed by atoms with Crippen LogP contribution in [0.3, 0.4) is 0 Å². The Morgan fingerprint density at radius 2 is 2.00 bits per heavy atom. The smallest absolute Gasteiger partial charge is 0.262 e. The predicted molar refractivity (Wildman–Crippen MR) is 116 cm³/mol. The van der Waals surface area contributed by atoms with E-state index < -0.39 is 6.04 Å². The van der Waals surface area contributed by atoms with E-state index >= 15 is 0 Å². The molecule has 0 aliphatic rings. The summed E-state index contributed by atoms with van der Waals surface area (Å²) in [4.78, 5) is 43.7. The summed E-state index contributed by atoms with van der Waals surface area (Å²) in [6.07, 6.45) is 0.793. The lowest BCUT2D eigenvalue weighted by Gasteiger charge is -2.16. The van der Waals surface area contributed by atoms with Crippen LogP contribution in [0.2, 0.25) is 0 Å². The molecule has 1 aromatic heterocycles. The number of likely N-dealkylation sites (N-methyl/N-ethyl adjacent to an activating group) is 1. The molecule has 9 heteroatoms. The molecule has 0 unspecified atom stereocenters. The molecule has 0 radical (unpaired) electrons. The first-order valence-corrected chi connectivity index (χ1v) is 10.7. The third-order valence-electron chi connectivity index (χ3n) is 4.27. The maximum atomic E-state index is 13.0. The number of fused-ring (bicyclic) bond motifs is 1. The van der Waals surface area contributed by atoms with Gasteiger partial charge in [0.1, 0.15) is 6.04 Å². The van der Waals surface area contributed by atoms with Crippen LogP contribution < -0.4 is 16.2 Å². The first kappa shape index (κ1) is 22.9. The molecule has 1 aromatic carbocycles. The van der Waals surface area contributed by atoms with E-state index in [0.29, 0.717) is 29.1 Å². The summed E-state index contributed by atoms with van der Waals surface area (Å²) in [6.45, 7) is 5.33. The molecule has 2 rings (SSSR count). The highest BCUT2D eigenvalue weighted by molar-refractivity contribution is 7.99. The number of nitrogens with zero attached hydrogens (tertiary/aromatic N) is 3. The van der Waals surface area contributed by atoms with Crippen molar-refractivity contribution in [2.24, 2.45) is 0 Å². The lowest BCUT2D eigenvalue weighted by atomic mass is 10.2. The molecule has 2 aromatic rings. The number of benzene rings is 1. The van der Waals surface area contributed by atoms with Crippen molar-refractivity contribution in [2.45, 2.75) is 38.0 Å². The van der Waals surface area contributed by atoms with Crippen LogP contribution in [0.5, 0.6) is 0 Å². The second-order valence-electron chi connectivity index (χ2n) is 7.00. The van der Waals surface area contributed by atoms with E-state index in [0.717, 1.165) is 13.0 Å². The summed E-state index contributed by atoms with van der Waals surface area (Å²) in [5.74, 6) is -0.436. The molecule has 0 aliphatic carbocycles. The number of carbonyl (C=O) groups is 2. The predicted octanol–water partition coefficient (Wildman–Crippen LogP) is 1.08. The zero-order valence-corrected chi connectivity index (χ0v) is 18.2. The zero-order chi connectivity index (χ0) is 21.4. The molecule has 0 saturated heterocycles. The van der Waals surface area contributed by atoms with Crippen LogP contribution in [0.1, 0.15) is 20.3 Å². The molecular weight excluding hydrogens is 390 g/mol. The maximum absolute atomic E-state index is 13.0. The standard InChI is InChI=1S/C20H29N5O3S/c1-5-21-18(27)14(2)22-17(26)13-29-20-23-16-10-7-6-9-15(16)19(28)25(20)12-8-11-24(3)4/h6-7,9-10,14H,5,8,11-13H2,1-4H3,(H,21,27)(H,22,26)/t14-/m1/s1. The van der Waals surface area contributed by atoms with Gasteiger partial charge in [-0.1, -0.05) is 23.9 Å².